The van der Waals surface area contributed by atoms with Crippen molar-refractivity contribution in [2.45, 2.75) is 38.5 Å². The summed E-state index contributed by atoms with van der Waals surface area (Å²) in [6.07, 6.45) is 3.66. The Labute approximate surface area is 153 Å². The normalized spacial score (nSPS) is 20.5. The number of nitrogens with zero attached hydrogens (tertiary/aromatic N) is 3. The smallest absolute Gasteiger partial charge is 0.244 e. The van der Waals surface area contributed by atoms with E-state index in [1.807, 2.05) is 31.3 Å². The molecule has 2 heterocycles. The van der Waals surface area contributed by atoms with Gasteiger partial charge in [-0.3, -0.25) is 9.48 Å². The monoisotopic (exact) mass is 359 g/mol. The Morgan fingerprint density at radius 3 is 2.81 bits per heavy atom. The number of methoxy groups -OCH3 is 1. The minimum atomic E-state index is -0.619. The molecule has 2 atom stereocenters. The first kappa shape index (κ1) is 18.3. The third-order valence-corrected chi connectivity index (χ3v) is 4.55. The van der Waals surface area contributed by atoms with Gasteiger partial charge in [-0.1, -0.05) is 6.07 Å². The van der Waals surface area contributed by atoms with Crippen molar-refractivity contribution < 1.29 is 19.4 Å². The first-order valence-electron chi connectivity index (χ1n) is 8.81. The van der Waals surface area contributed by atoms with Crippen molar-refractivity contribution >= 4 is 5.91 Å². The van der Waals surface area contributed by atoms with Crippen molar-refractivity contribution in [2.75, 3.05) is 20.2 Å². The van der Waals surface area contributed by atoms with Crippen LogP contribution >= 0.6 is 0 Å². The van der Waals surface area contributed by atoms with Crippen molar-refractivity contribution in [1.29, 1.82) is 0 Å². The van der Waals surface area contributed by atoms with Gasteiger partial charge in [0.05, 0.1) is 19.4 Å². The molecule has 1 aliphatic heterocycles. The van der Waals surface area contributed by atoms with Crippen LogP contribution in [0.1, 0.15) is 18.4 Å². The third kappa shape index (κ3) is 4.54. The van der Waals surface area contributed by atoms with Crippen LogP contribution in [0, 0.1) is 6.92 Å². The highest BCUT2D eigenvalue weighted by atomic mass is 16.5. The molecular formula is C19H25N3O4. The van der Waals surface area contributed by atoms with Crippen LogP contribution in [0.4, 0.5) is 0 Å². The lowest BCUT2D eigenvalue weighted by atomic mass is 10.1. The number of ether oxygens (including phenoxy) is 2. The zero-order valence-electron chi connectivity index (χ0n) is 15.2. The molecule has 0 radical (unpaired) electrons. The van der Waals surface area contributed by atoms with E-state index in [2.05, 4.69) is 5.10 Å². The number of rotatable bonds is 5. The third-order valence-electron chi connectivity index (χ3n) is 4.55. The predicted molar refractivity (Wildman–Crippen MR) is 96.2 cm³/mol. The number of hydrogen-bond acceptors (Lipinski definition) is 5. The Hall–Kier alpha value is -2.54. The second-order valence-electron chi connectivity index (χ2n) is 6.58. The summed E-state index contributed by atoms with van der Waals surface area (Å²) in [6, 6.07) is 7.32. The number of hydrogen-bond donors (Lipinski definition) is 1. The summed E-state index contributed by atoms with van der Waals surface area (Å²) in [5, 5.41) is 14.6. The molecule has 1 aromatic carbocycles. The number of carbonyl (C=O) groups excluding carboxylic acids is 1. The van der Waals surface area contributed by atoms with Crippen LogP contribution in [0.5, 0.6) is 11.5 Å². The van der Waals surface area contributed by atoms with E-state index in [1.54, 1.807) is 29.0 Å². The fourth-order valence-electron chi connectivity index (χ4n) is 3.09. The van der Waals surface area contributed by atoms with E-state index in [9.17, 15) is 9.90 Å². The zero-order chi connectivity index (χ0) is 18.5. The van der Waals surface area contributed by atoms with Gasteiger partial charge in [-0.25, -0.2) is 0 Å². The highest BCUT2D eigenvalue weighted by molar-refractivity contribution is 5.75. The Balaban J connectivity index is 1.59. The minimum absolute atomic E-state index is 0.00216. The molecular weight excluding hydrogens is 334 g/mol. The average molecular weight is 359 g/mol. The van der Waals surface area contributed by atoms with Gasteiger partial charge in [0.1, 0.15) is 24.1 Å². The standard InChI is InChI=1S/C19H25N3O4/c1-14-11-20-22(12-14)13-19(24)21-8-6-17(23)18(7-9-21)26-16-5-3-4-15(10-16)25-2/h3-5,10-12,17-18,23H,6-9,13H2,1-2H3/t17-,18-/m0/s1. The number of aryl methyl sites for hydroxylation is 1. The van der Waals surface area contributed by atoms with E-state index in [1.165, 1.54) is 0 Å². The Bertz CT molecular complexity index is 746. The second kappa shape index (κ2) is 8.23. The predicted octanol–water partition coefficient (Wildman–Crippen LogP) is 1.63. The van der Waals surface area contributed by atoms with Crippen LogP contribution in [0.25, 0.3) is 0 Å². The van der Waals surface area contributed by atoms with E-state index in [-0.39, 0.29) is 18.6 Å². The van der Waals surface area contributed by atoms with E-state index < -0.39 is 6.10 Å². The molecule has 3 rings (SSSR count). The molecule has 1 aromatic heterocycles. The maximum absolute atomic E-state index is 12.5. The summed E-state index contributed by atoms with van der Waals surface area (Å²) in [6.45, 7) is 3.21. The molecule has 1 amide bonds. The molecule has 1 aliphatic rings. The van der Waals surface area contributed by atoms with E-state index in [0.717, 1.165) is 5.56 Å². The second-order valence-corrected chi connectivity index (χ2v) is 6.58. The minimum Gasteiger partial charge on any atom is -0.497 e. The summed E-state index contributed by atoms with van der Waals surface area (Å²) in [5.74, 6) is 1.36. The van der Waals surface area contributed by atoms with Gasteiger partial charge in [-0.05, 0) is 31.0 Å². The summed E-state index contributed by atoms with van der Waals surface area (Å²) in [4.78, 5) is 14.3. The summed E-state index contributed by atoms with van der Waals surface area (Å²) in [5.41, 5.74) is 1.02. The van der Waals surface area contributed by atoms with Gasteiger partial charge in [0.15, 0.2) is 0 Å². The molecule has 0 aliphatic carbocycles. The maximum atomic E-state index is 12.5. The van der Waals surface area contributed by atoms with Gasteiger partial charge >= 0.3 is 0 Å². The molecule has 1 N–H and O–H groups in total. The van der Waals surface area contributed by atoms with Crippen molar-refractivity contribution in [3.8, 4) is 11.5 Å². The zero-order valence-corrected chi connectivity index (χ0v) is 15.2. The Morgan fingerprint density at radius 1 is 1.31 bits per heavy atom. The van der Waals surface area contributed by atoms with Gasteiger partial charge in [-0.15, -0.1) is 0 Å². The topological polar surface area (TPSA) is 76.8 Å². The van der Waals surface area contributed by atoms with Crippen LogP contribution in [-0.2, 0) is 11.3 Å². The molecule has 2 aromatic rings. The SMILES string of the molecule is COc1cccc(O[C@H]2CCN(C(=O)Cn3cc(C)cn3)CC[C@@H]2O)c1. The van der Waals surface area contributed by atoms with Gasteiger partial charge < -0.3 is 19.5 Å². The van der Waals surface area contributed by atoms with Crippen molar-refractivity contribution in [1.82, 2.24) is 14.7 Å². The van der Waals surface area contributed by atoms with E-state index >= 15 is 0 Å². The Kier molecular flexibility index (Phi) is 5.78. The number of aromatic nitrogens is 2. The van der Waals surface area contributed by atoms with Crippen LogP contribution in [0.15, 0.2) is 36.7 Å². The number of aliphatic hydroxyl groups excluding tert-OH is 1. The van der Waals surface area contributed by atoms with Gasteiger partial charge in [0, 0.05) is 31.8 Å². The number of likely N-dealkylation sites (tertiary alicyclic amines) is 1. The first-order chi connectivity index (χ1) is 12.5. The van der Waals surface area contributed by atoms with Gasteiger partial charge in [-0.2, -0.15) is 5.10 Å². The molecule has 0 bridgehead atoms. The maximum Gasteiger partial charge on any atom is 0.244 e. The van der Waals surface area contributed by atoms with Gasteiger partial charge in [0.2, 0.25) is 5.91 Å². The molecule has 0 spiro atoms. The molecule has 0 saturated carbocycles. The molecule has 1 fully saturated rings. The van der Waals surface area contributed by atoms with Crippen LogP contribution < -0.4 is 9.47 Å². The number of amides is 1. The number of benzene rings is 1. The van der Waals surface area contributed by atoms with Crippen molar-refractivity contribution in [3.63, 3.8) is 0 Å². The fraction of sp³-hybridized carbons (Fsp3) is 0.474. The molecule has 0 unspecified atom stereocenters. The van der Waals surface area contributed by atoms with Crippen LogP contribution in [0.3, 0.4) is 0 Å². The van der Waals surface area contributed by atoms with E-state index in [4.69, 9.17) is 9.47 Å². The van der Waals surface area contributed by atoms with Crippen LogP contribution in [0.2, 0.25) is 0 Å². The lowest BCUT2D eigenvalue weighted by Gasteiger charge is -2.22. The Morgan fingerprint density at radius 2 is 2.08 bits per heavy atom. The van der Waals surface area contributed by atoms with Crippen LogP contribution in [-0.4, -0.2) is 58.1 Å². The van der Waals surface area contributed by atoms with Crippen molar-refractivity contribution in [2.24, 2.45) is 0 Å². The quantitative estimate of drug-likeness (QED) is 0.878. The molecule has 7 heteroatoms. The van der Waals surface area contributed by atoms with Gasteiger partial charge in [0.25, 0.3) is 0 Å². The van der Waals surface area contributed by atoms with E-state index in [0.29, 0.717) is 37.4 Å². The fourth-order valence-corrected chi connectivity index (χ4v) is 3.09. The summed E-state index contributed by atoms with van der Waals surface area (Å²) in [7, 11) is 1.60. The highest BCUT2D eigenvalue weighted by Crippen LogP contribution is 2.23. The van der Waals surface area contributed by atoms with Crippen molar-refractivity contribution in [3.05, 3.63) is 42.2 Å². The number of carbonyl (C=O) groups is 1. The lowest BCUT2D eigenvalue weighted by molar-refractivity contribution is -0.132. The molecule has 26 heavy (non-hydrogen) atoms. The lowest BCUT2D eigenvalue weighted by Crippen LogP contribution is -2.35. The summed E-state index contributed by atoms with van der Waals surface area (Å²) < 4.78 is 12.8. The largest absolute Gasteiger partial charge is 0.497 e. The first-order valence-corrected chi connectivity index (χ1v) is 8.81. The summed E-state index contributed by atoms with van der Waals surface area (Å²) >= 11 is 0. The molecule has 1 saturated heterocycles. The number of aliphatic hydroxyl groups is 1. The molecule has 7 nitrogen and oxygen atoms in total. The average Bonchev–Trinajstić information content (AvgIpc) is 2.95. The highest BCUT2D eigenvalue weighted by Gasteiger charge is 2.28. The molecule has 140 valence electrons.